The molecule has 2 heterocycles. The van der Waals surface area contributed by atoms with E-state index in [1.54, 1.807) is 12.0 Å². The second-order valence-corrected chi connectivity index (χ2v) is 9.98. The summed E-state index contributed by atoms with van der Waals surface area (Å²) < 4.78 is 26.2. The van der Waals surface area contributed by atoms with E-state index in [0.29, 0.717) is 24.6 Å². The number of carbonyl (C=O) groups is 1. The van der Waals surface area contributed by atoms with E-state index in [9.17, 15) is 9.18 Å². The molecule has 0 aliphatic carbocycles. The first-order valence-electron chi connectivity index (χ1n) is 12.7. The van der Waals surface area contributed by atoms with Crippen LogP contribution in [0.3, 0.4) is 0 Å². The maximum atomic E-state index is 14.8. The molecule has 1 aliphatic rings. The molecule has 0 saturated heterocycles. The topological polar surface area (TPSA) is 54.6 Å². The first-order valence-corrected chi connectivity index (χ1v) is 13.1. The van der Waals surface area contributed by atoms with Crippen molar-refractivity contribution in [1.29, 1.82) is 0 Å². The lowest BCUT2D eigenvalue weighted by atomic mass is 9.91. The lowest BCUT2D eigenvalue weighted by molar-refractivity contribution is 0.0687. The Kier molecular flexibility index (Phi) is 6.71. The van der Waals surface area contributed by atoms with Gasteiger partial charge in [0.15, 0.2) is 0 Å². The van der Waals surface area contributed by atoms with Crippen LogP contribution in [0.25, 0.3) is 10.9 Å². The SMILES string of the molecule is COc1ccc2[nH]c3c(c2c1)CCN(C(=O)c1cc(Cl)ccc1F)[C@H]3c1ccc(OCc2ccccc2)cc1. The Morgan fingerprint density at radius 1 is 1.00 bits per heavy atom. The van der Waals surface area contributed by atoms with Gasteiger partial charge in [0.05, 0.1) is 18.7 Å². The Bertz CT molecular complexity index is 1650. The standard InChI is InChI=1S/C32H26ClFN2O3/c1-38-24-12-14-29-26(18-24)25-15-16-36(32(37)27-17-22(33)9-13-28(27)34)31(30(25)35-29)21-7-10-23(11-8-21)39-19-20-5-3-2-4-6-20/h2-14,17-18,31,35H,15-16,19H2,1H3/t31-/m0/s1. The minimum Gasteiger partial charge on any atom is -0.497 e. The zero-order valence-electron chi connectivity index (χ0n) is 21.3. The quantitative estimate of drug-likeness (QED) is 0.245. The van der Waals surface area contributed by atoms with Gasteiger partial charge in [-0.15, -0.1) is 0 Å². The van der Waals surface area contributed by atoms with E-state index in [0.717, 1.165) is 44.8 Å². The van der Waals surface area contributed by atoms with Crippen LogP contribution < -0.4 is 9.47 Å². The van der Waals surface area contributed by atoms with Gasteiger partial charge in [-0.05, 0) is 71.6 Å². The number of hydrogen-bond acceptors (Lipinski definition) is 3. The molecule has 0 saturated carbocycles. The molecule has 0 spiro atoms. The van der Waals surface area contributed by atoms with Crippen LogP contribution in [0.5, 0.6) is 11.5 Å². The summed E-state index contributed by atoms with van der Waals surface area (Å²) in [4.78, 5) is 19.0. The number of fused-ring (bicyclic) bond motifs is 3. The van der Waals surface area contributed by atoms with Crippen molar-refractivity contribution in [3.8, 4) is 11.5 Å². The average Bonchev–Trinajstić information content (AvgIpc) is 3.35. The zero-order chi connectivity index (χ0) is 26.9. The average molecular weight is 541 g/mol. The largest absolute Gasteiger partial charge is 0.497 e. The number of aromatic nitrogens is 1. The minimum absolute atomic E-state index is 0.0449. The van der Waals surface area contributed by atoms with E-state index in [1.807, 2.05) is 72.8 Å². The highest BCUT2D eigenvalue weighted by Gasteiger charge is 2.36. The van der Waals surface area contributed by atoms with Crippen molar-refractivity contribution < 1.29 is 18.7 Å². The molecule has 0 radical (unpaired) electrons. The van der Waals surface area contributed by atoms with Crippen molar-refractivity contribution in [2.24, 2.45) is 0 Å². The molecule has 4 aromatic carbocycles. The first-order chi connectivity index (χ1) is 19.0. The lowest BCUT2D eigenvalue weighted by Gasteiger charge is -2.36. The maximum absolute atomic E-state index is 14.8. The Hall–Kier alpha value is -4.29. The van der Waals surface area contributed by atoms with Crippen LogP contribution in [0.1, 0.15) is 38.8 Å². The van der Waals surface area contributed by atoms with Crippen molar-refractivity contribution >= 4 is 28.4 Å². The van der Waals surface area contributed by atoms with E-state index in [4.69, 9.17) is 21.1 Å². The summed E-state index contributed by atoms with van der Waals surface area (Å²) in [7, 11) is 1.64. The highest BCUT2D eigenvalue weighted by atomic mass is 35.5. The van der Waals surface area contributed by atoms with Gasteiger partial charge in [0.2, 0.25) is 0 Å². The van der Waals surface area contributed by atoms with Gasteiger partial charge in [-0.1, -0.05) is 54.1 Å². The summed E-state index contributed by atoms with van der Waals surface area (Å²) in [5.41, 5.74) is 4.89. The van der Waals surface area contributed by atoms with Crippen LogP contribution in [0.2, 0.25) is 5.02 Å². The number of aromatic amines is 1. The van der Waals surface area contributed by atoms with Crippen molar-refractivity contribution in [2.75, 3.05) is 13.7 Å². The van der Waals surface area contributed by atoms with Crippen molar-refractivity contribution in [2.45, 2.75) is 19.1 Å². The Balaban J connectivity index is 1.39. The van der Waals surface area contributed by atoms with Crippen LogP contribution >= 0.6 is 11.6 Å². The number of hydrogen-bond donors (Lipinski definition) is 1. The van der Waals surface area contributed by atoms with Gasteiger partial charge in [0.25, 0.3) is 5.91 Å². The van der Waals surface area contributed by atoms with Gasteiger partial charge in [-0.25, -0.2) is 4.39 Å². The monoisotopic (exact) mass is 540 g/mol. The molecule has 1 aliphatic heterocycles. The normalized spacial score (nSPS) is 14.7. The van der Waals surface area contributed by atoms with Crippen LogP contribution in [-0.2, 0) is 13.0 Å². The zero-order valence-corrected chi connectivity index (χ0v) is 22.0. The molecule has 5 nitrogen and oxygen atoms in total. The third-order valence-corrected chi connectivity index (χ3v) is 7.43. The summed E-state index contributed by atoms with van der Waals surface area (Å²) in [6.07, 6.45) is 0.616. The second-order valence-electron chi connectivity index (χ2n) is 9.55. The van der Waals surface area contributed by atoms with E-state index in [-0.39, 0.29) is 5.56 Å². The fraction of sp³-hybridized carbons (Fsp3) is 0.156. The van der Waals surface area contributed by atoms with Gasteiger partial charge in [-0.3, -0.25) is 4.79 Å². The van der Waals surface area contributed by atoms with Crippen LogP contribution in [0.4, 0.5) is 4.39 Å². The fourth-order valence-corrected chi connectivity index (χ4v) is 5.44. The number of amides is 1. The molecule has 5 aromatic rings. The van der Waals surface area contributed by atoms with E-state index in [2.05, 4.69) is 4.98 Å². The van der Waals surface area contributed by atoms with Gasteiger partial charge >= 0.3 is 0 Å². The Labute approximate surface area is 230 Å². The minimum atomic E-state index is -0.597. The number of halogens is 2. The van der Waals surface area contributed by atoms with Crippen LogP contribution in [-0.4, -0.2) is 29.4 Å². The first kappa shape index (κ1) is 25.0. The highest BCUT2D eigenvalue weighted by molar-refractivity contribution is 6.31. The number of methoxy groups -OCH3 is 1. The fourth-order valence-electron chi connectivity index (χ4n) is 5.26. The molecule has 1 aromatic heterocycles. The van der Waals surface area contributed by atoms with Gasteiger partial charge in [0.1, 0.15) is 23.9 Å². The van der Waals surface area contributed by atoms with E-state index < -0.39 is 17.8 Å². The highest BCUT2D eigenvalue weighted by Crippen LogP contribution is 2.40. The summed E-state index contributed by atoms with van der Waals surface area (Å²) in [6, 6.07) is 27.2. The van der Waals surface area contributed by atoms with Crippen LogP contribution in [0, 0.1) is 5.82 Å². The number of nitrogens with one attached hydrogen (secondary N) is 1. The van der Waals surface area contributed by atoms with Gasteiger partial charge < -0.3 is 19.4 Å². The molecule has 1 N–H and O–H groups in total. The molecule has 196 valence electrons. The van der Waals surface area contributed by atoms with E-state index >= 15 is 0 Å². The Morgan fingerprint density at radius 2 is 1.77 bits per heavy atom. The number of carbonyl (C=O) groups excluding carboxylic acids is 1. The predicted molar refractivity (Wildman–Crippen MR) is 150 cm³/mol. The predicted octanol–water partition coefficient (Wildman–Crippen LogP) is 7.34. The molecule has 39 heavy (non-hydrogen) atoms. The number of H-pyrrole nitrogens is 1. The molecule has 1 amide bonds. The summed E-state index contributed by atoms with van der Waals surface area (Å²) in [5.74, 6) is 0.477. The third-order valence-electron chi connectivity index (χ3n) is 7.20. The molecule has 0 fully saturated rings. The lowest BCUT2D eigenvalue weighted by Crippen LogP contribution is -2.41. The Morgan fingerprint density at radius 3 is 2.54 bits per heavy atom. The molecule has 1 atom stereocenters. The molecular formula is C32H26ClFN2O3. The molecule has 7 heteroatoms. The van der Waals surface area contributed by atoms with Crippen molar-refractivity contribution in [3.63, 3.8) is 0 Å². The van der Waals surface area contributed by atoms with Crippen molar-refractivity contribution in [3.05, 3.63) is 130 Å². The van der Waals surface area contributed by atoms with Gasteiger partial charge in [0, 0.05) is 28.2 Å². The number of nitrogens with zero attached hydrogens (tertiary/aromatic N) is 1. The molecule has 0 unspecified atom stereocenters. The van der Waals surface area contributed by atoms with Crippen LogP contribution in [0.15, 0.2) is 91.0 Å². The summed E-state index contributed by atoms with van der Waals surface area (Å²) >= 11 is 6.14. The van der Waals surface area contributed by atoms with E-state index in [1.165, 1.54) is 18.2 Å². The number of rotatable bonds is 6. The third kappa shape index (κ3) is 4.84. The number of ether oxygens (including phenoxy) is 2. The smallest absolute Gasteiger partial charge is 0.257 e. The van der Waals surface area contributed by atoms with Crippen molar-refractivity contribution in [1.82, 2.24) is 9.88 Å². The molecule has 0 bridgehead atoms. The second kappa shape index (κ2) is 10.5. The molecule has 6 rings (SSSR count). The van der Waals surface area contributed by atoms with Gasteiger partial charge in [-0.2, -0.15) is 0 Å². The summed E-state index contributed by atoms with van der Waals surface area (Å²) in [6.45, 7) is 0.870. The molecular weight excluding hydrogens is 515 g/mol. The number of benzene rings is 4. The maximum Gasteiger partial charge on any atom is 0.257 e. The summed E-state index contributed by atoms with van der Waals surface area (Å²) in [5, 5.41) is 1.37.